The summed E-state index contributed by atoms with van der Waals surface area (Å²) in [6.07, 6.45) is 4.43. The second-order valence-electron chi connectivity index (χ2n) is 3.33. The lowest BCUT2D eigenvalue weighted by molar-refractivity contribution is -0.107. The number of nitrogens with one attached hydrogen (secondary N) is 1. The minimum Gasteiger partial charge on any atom is -0.445 e. The number of nitrogens with zero attached hydrogens (tertiary/aromatic N) is 1. The van der Waals surface area contributed by atoms with Crippen LogP contribution in [-0.2, 0) is 11.2 Å². The summed E-state index contributed by atoms with van der Waals surface area (Å²) in [4.78, 5) is 14.6. The molecule has 0 radical (unpaired) electrons. The summed E-state index contributed by atoms with van der Waals surface area (Å²) in [5.41, 5.74) is 2.78. The van der Waals surface area contributed by atoms with Crippen molar-refractivity contribution in [2.24, 2.45) is 0 Å². The highest BCUT2D eigenvalue weighted by atomic mass is 16.3. The first-order valence-electron chi connectivity index (χ1n) is 4.99. The Hall–Kier alpha value is -2.10. The number of anilines is 1. The predicted octanol–water partition coefficient (Wildman–Crippen LogP) is 2.12. The Morgan fingerprint density at radius 3 is 3.00 bits per heavy atom. The van der Waals surface area contributed by atoms with Crippen molar-refractivity contribution in [3.05, 3.63) is 36.2 Å². The van der Waals surface area contributed by atoms with Gasteiger partial charge in [0.2, 0.25) is 5.89 Å². The second-order valence-corrected chi connectivity index (χ2v) is 3.33. The molecule has 0 spiro atoms. The Labute approximate surface area is 93.3 Å². The van der Waals surface area contributed by atoms with E-state index in [1.54, 1.807) is 6.20 Å². The van der Waals surface area contributed by atoms with E-state index in [1.165, 1.54) is 6.26 Å². The van der Waals surface area contributed by atoms with E-state index >= 15 is 0 Å². The fourth-order valence-electron chi connectivity index (χ4n) is 1.58. The Kier molecular flexibility index (Phi) is 3.00. The number of aromatic nitrogens is 1. The lowest BCUT2D eigenvalue weighted by Gasteiger charge is -2.07. The summed E-state index contributed by atoms with van der Waals surface area (Å²) in [6, 6.07) is 5.72. The van der Waals surface area contributed by atoms with Gasteiger partial charge in [-0.3, -0.25) is 0 Å². The van der Waals surface area contributed by atoms with Gasteiger partial charge in [0.25, 0.3) is 0 Å². The summed E-state index contributed by atoms with van der Waals surface area (Å²) in [5.74, 6) is 0.578. The van der Waals surface area contributed by atoms with Crippen LogP contribution in [-0.4, -0.2) is 18.3 Å². The molecule has 1 N–H and O–H groups in total. The van der Waals surface area contributed by atoms with Gasteiger partial charge >= 0.3 is 0 Å². The molecule has 0 saturated carbocycles. The zero-order valence-corrected chi connectivity index (χ0v) is 8.93. The zero-order valence-electron chi connectivity index (χ0n) is 8.93. The predicted molar refractivity (Wildman–Crippen MR) is 61.3 cm³/mol. The molecule has 0 aliphatic carbocycles. The van der Waals surface area contributed by atoms with Gasteiger partial charge in [0.15, 0.2) is 0 Å². The molecule has 0 aliphatic rings. The third-order valence-electron chi connectivity index (χ3n) is 2.36. The molecule has 2 aromatic rings. The van der Waals surface area contributed by atoms with Gasteiger partial charge in [0, 0.05) is 24.7 Å². The molecule has 1 aromatic heterocycles. The van der Waals surface area contributed by atoms with Crippen LogP contribution >= 0.6 is 0 Å². The van der Waals surface area contributed by atoms with Crippen molar-refractivity contribution < 1.29 is 9.21 Å². The maximum absolute atomic E-state index is 10.5. The zero-order chi connectivity index (χ0) is 11.4. The van der Waals surface area contributed by atoms with Gasteiger partial charge in [-0.25, -0.2) is 4.98 Å². The molecule has 82 valence electrons. The van der Waals surface area contributed by atoms with Crippen molar-refractivity contribution in [3.8, 4) is 11.5 Å². The molecule has 0 amide bonds. The lowest BCUT2D eigenvalue weighted by atomic mass is 10.1. The van der Waals surface area contributed by atoms with Crippen LogP contribution in [0.15, 0.2) is 35.1 Å². The van der Waals surface area contributed by atoms with Crippen LogP contribution in [0.25, 0.3) is 11.5 Å². The quantitative estimate of drug-likeness (QED) is 0.795. The average molecular weight is 216 g/mol. The largest absolute Gasteiger partial charge is 0.445 e. The average Bonchev–Trinajstić information content (AvgIpc) is 2.83. The van der Waals surface area contributed by atoms with E-state index < -0.39 is 0 Å². The molecule has 0 bridgehead atoms. The summed E-state index contributed by atoms with van der Waals surface area (Å²) in [6.45, 7) is 0. The van der Waals surface area contributed by atoms with Gasteiger partial charge in [-0.1, -0.05) is 6.07 Å². The van der Waals surface area contributed by atoms with Crippen molar-refractivity contribution in [1.29, 1.82) is 0 Å². The van der Waals surface area contributed by atoms with E-state index in [2.05, 4.69) is 10.3 Å². The molecular formula is C12H12N2O2. The molecule has 4 heteroatoms. The van der Waals surface area contributed by atoms with E-state index in [1.807, 2.05) is 25.2 Å². The minimum atomic E-state index is 0.405. The van der Waals surface area contributed by atoms with Gasteiger partial charge in [-0.2, -0.15) is 0 Å². The van der Waals surface area contributed by atoms with Crippen molar-refractivity contribution in [3.63, 3.8) is 0 Å². The first kappa shape index (κ1) is 10.4. The first-order valence-corrected chi connectivity index (χ1v) is 4.99. The third-order valence-corrected chi connectivity index (χ3v) is 2.36. The normalized spacial score (nSPS) is 10.1. The maximum atomic E-state index is 10.5. The Balaban J connectivity index is 2.40. The van der Waals surface area contributed by atoms with E-state index in [0.29, 0.717) is 12.3 Å². The topological polar surface area (TPSA) is 55.1 Å². The van der Waals surface area contributed by atoms with Crippen LogP contribution in [0.1, 0.15) is 5.56 Å². The van der Waals surface area contributed by atoms with Crippen LogP contribution in [0.2, 0.25) is 0 Å². The van der Waals surface area contributed by atoms with Crippen LogP contribution in [0, 0.1) is 0 Å². The maximum Gasteiger partial charge on any atom is 0.225 e. The summed E-state index contributed by atoms with van der Waals surface area (Å²) in [5, 5.41) is 3.05. The second kappa shape index (κ2) is 4.61. The van der Waals surface area contributed by atoms with Crippen LogP contribution in [0.4, 0.5) is 5.69 Å². The summed E-state index contributed by atoms with van der Waals surface area (Å²) in [7, 11) is 1.82. The minimum absolute atomic E-state index is 0.405. The number of carbonyl (C=O) groups is 1. The molecule has 1 aromatic carbocycles. The SMILES string of the molecule is CNc1cc(-c2ncco2)ccc1CC=O. The van der Waals surface area contributed by atoms with Crippen molar-refractivity contribution in [2.45, 2.75) is 6.42 Å². The number of carbonyl (C=O) groups excluding carboxylic acids is 1. The van der Waals surface area contributed by atoms with E-state index in [-0.39, 0.29) is 0 Å². The molecule has 4 nitrogen and oxygen atoms in total. The number of hydrogen-bond acceptors (Lipinski definition) is 4. The number of aldehydes is 1. The fraction of sp³-hybridized carbons (Fsp3) is 0.167. The Morgan fingerprint density at radius 2 is 2.38 bits per heavy atom. The highest BCUT2D eigenvalue weighted by Crippen LogP contribution is 2.24. The first-order chi connectivity index (χ1) is 7.85. The summed E-state index contributed by atoms with van der Waals surface area (Å²) < 4.78 is 5.21. The Morgan fingerprint density at radius 1 is 1.50 bits per heavy atom. The Bertz CT molecular complexity index is 478. The van der Waals surface area contributed by atoms with E-state index in [9.17, 15) is 4.79 Å². The molecule has 2 rings (SSSR count). The van der Waals surface area contributed by atoms with Crippen LogP contribution in [0.5, 0.6) is 0 Å². The van der Waals surface area contributed by atoms with E-state index in [0.717, 1.165) is 23.1 Å². The van der Waals surface area contributed by atoms with Crippen LogP contribution < -0.4 is 5.32 Å². The van der Waals surface area contributed by atoms with E-state index in [4.69, 9.17) is 4.42 Å². The monoisotopic (exact) mass is 216 g/mol. The molecule has 0 unspecified atom stereocenters. The smallest absolute Gasteiger partial charge is 0.225 e. The standard InChI is InChI=1S/C12H12N2O2/c1-13-11-8-10(12-14-5-7-16-12)3-2-9(11)4-6-15/h2-3,5-8,13H,4H2,1H3. The number of benzene rings is 1. The van der Waals surface area contributed by atoms with Gasteiger partial charge in [-0.05, 0) is 17.7 Å². The molecule has 0 fully saturated rings. The van der Waals surface area contributed by atoms with Crippen molar-refractivity contribution in [2.75, 3.05) is 12.4 Å². The highest BCUT2D eigenvalue weighted by molar-refractivity contribution is 5.68. The van der Waals surface area contributed by atoms with Gasteiger partial charge in [-0.15, -0.1) is 0 Å². The molecule has 0 aliphatic heterocycles. The van der Waals surface area contributed by atoms with Gasteiger partial charge < -0.3 is 14.5 Å². The number of rotatable bonds is 4. The number of hydrogen-bond donors (Lipinski definition) is 1. The third kappa shape index (κ3) is 1.95. The lowest BCUT2D eigenvalue weighted by Crippen LogP contribution is -1.96. The molecule has 16 heavy (non-hydrogen) atoms. The molecule has 0 atom stereocenters. The van der Waals surface area contributed by atoms with Gasteiger partial charge in [0.05, 0.1) is 6.20 Å². The van der Waals surface area contributed by atoms with Crippen molar-refractivity contribution in [1.82, 2.24) is 4.98 Å². The highest BCUT2D eigenvalue weighted by Gasteiger charge is 2.06. The summed E-state index contributed by atoms with van der Waals surface area (Å²) >= 11 is 0. The van der Waals surface area contributed by atoms with Crippen molar-refractivity contribution >= 4 is 12.0 Å². The molecular weight excluding hydrogens is 204 g/mol. The molecule has 0 saturated heterocycles. The fourth-order valence-corrected chi connectivity index (χ4v) is 1.58. The number of oxazole rings is 1. The van der Waals surface area contributed by atoms with Crippen LogP contribution in [0.3, 0.4) is 0 Å². The van der Waals surface area contributed by atoms with Gasteiger partial charge in [0.1, 0.15) is 12.5 Å². The molecule has 1 heterocycles.